The molecule has 1 aromatic carbocycles. The molecule has 0 amide bonds. The van der Waals surface area contributed by atoms with Crippen molar-refractivity contribution in [2.45, 2.75) is 13.0 Å². The standard InChI is InChI=1S/C16H17FN4OS/c1-9-11-7-10(17)3-4-13(11)23-14(9)16-19-15(20-22-16)12-8-18-5-6-21(12)2/h3-4,7,12,18H,5-6,8H2,1-2H3. The first-order chi connectivity index (χ1) is 11.1. The van der Waals surface area contributed by atoms with E-state index in [1.54, 1.807) is 23.5 Å². The lowest BCUT2D eigenvalue weighted by Crippen LogP contribution is -2.44. The highest BCUT2D eigenvalue weighted by Gasteiger charge is 2.26. The van der Waals surface area contributed by atoms with Crippen LogP contribution in [0.15, 0.2) is 22.7 Å². The zero-order chi connectivity index (χ0) is 16.0. The molecule has 3 aromatic rings. The molecule has 1 fully saturated rings. The molecule has 0 saturated carbocycles. The molecule has 7 heteroatoms. The first kappa shape index (κ1) is 14.7. The highest BCUT2D eigenvalue weighted by Crippen LogP contribution is 2.38. The summed E-state index contributed by atoms with van der Waals surface area (Å²) >= 11 is 1.55. The second-order valence-corrected chi connectivity index (χ2v) is 6.91. The number of rotatable bonds is 2. The van der Waals surface area contributed by atoms with Gasteiger partial charge in [0.2, 0.25) is 0 Å². The van der Waals surface area contributed by atoms with E-state index < -0.39 is 0 Å². The average molecular weight is 332 g/mol. The van der Waals surface area contributed by atoms with Gasteiger partial charge in [0, 0.05) is 24.3 Å². The van der Waals surface area contributed by atoms with Crippen LogP contribution in [0.25, 0.3) is 20.9 Å². The molecule has 23 heavy (non-hydrogen) atoms. The Morgan fingerprint density at radius 3 is 3.13 bits per heavy atom. The van der Waals surface area contributed by atoms with Gasteiger partial charge in [0.1, 0.15) is 5.82 Å². The Kier molecular flexibility index (Phi) is 3.63. The van der Waals surface area contributed by atoms with Crippen LogP contribution in [0.3, 0.4) is 0 Å². The Morgan fingerprint density at radius 1 is 1.43 bits per heavy atom. The summed E-state index contributed by atoms with van der Waals surface area (Å²) in [6, 6.07) is 4.94. The first-order valence-electron chi connectivity index (χ1n) is 7.57. The number of benzene rings is 1. The molecule has 1 atom stereocenters. The molecule has 1 unspecified atom stereocenters. The van der Waals surface area contributed by atoms with Gasteiger partial charge in [0.15, 0.2) is 5.82 Å². The van der Waals surface area contributed by atoms with E-state index >= 15 is 0 Å². The van der Waals surface area contributed by atoms with Crippen molar-refractivity contribution in [3.05, 3.63) is 35.4 Å². The molecule has 0 spiro atoms. The Labute approximate surface area is 137 Å². The second kappa shape index (κ2) is 5.67. The molecule has 3 heterocycles. The Hall–Kier alpha value is -1.83. The maximum absolute atomic E-state index is 13.5. The van der Waals surface area contributed by atoms with Gasteiger partial charge in [-0.2, -0.15) is 4.98 Å². The molecule has 2 aromatic heterocycles. The number of nitrogens with zero attached hydrogens (tertiary/aromatic N) is 3. The Morgan fingerprint density at radius 2 is 2.30 bits per heavy atom. The molecule has 1 N–H and O–H groups in total. The predicted octanol–water partition coefficient (Wildman–Crippen LogP) is 2.97. The molecule has 5 nitrogen and oxygen atoms in total. The van der Waals surface area contributed by atoms with E-state index in [2.05, 4.69) is 27.4 Å². The molecule has 1 saturated heterocycles. The van der Waals surface area contributed by atoms with Crippen LogP contribution in [0.1, 0.15) is 17.4 Å². The second-order valence-electron chi connectivity index (χ2n) is 5.85. The maximum Gasteiger partial charge on any atom is 0.268 e. The number of likely N-dealkylation sites (N-methyl/N-ethyl adjacent to an activating group) is 1. The molecule has 0 radical (unpaired) electrons. The van der Waals surface area contributed by atoms with Gasteiger partial charge in [-0.1, -0.05) is 5.16 Å². The molecule has 4 rings (SSSR count). The summed E-state index contributed by atoms with van der Waals surface area (Å²) in [6.07, 6.45) is 0. The van der Waals surface area contributed by atoms with Crippen LogP contribution in [0.2, 0.25) is 0 Å². The van der Waals surface area contributed by atoms with Gasteiger partial charge >= 0.3 is 0 Å². The van der Waals surface area contributed by atoms with Gasteiger partial charge in [-0.25, -0.2) is 4.39 Å². The van der Waals surface area contributed by atoms with Crippen molar-refractivity contribution >= 4 is 21.4 Å². The number of hydrogen-bond donors (Lipinski definition) is 1. The number of thiophene rings is 1. The van der Waals surface area contributed by atoms with Crippen LogP contribution in [-0.4, -0.2) is 41.7 Å². The molecular weight excluding hydrogens is 315 g/mol. The number of piperazine rings is 1. The van der Waals surface area contributed by atoms with E-state index in [-0.39, 0.29) is 11.9 Å². The summed E-state index contributed by atoms with van der Waals surface area (Å²) in [4.78, 5) is 7.72. The molecule has 1 aliphatic heterocycles. The topological polar surface area (TPSA) is 54.2 Å². The summed E-state index contributed by atoms with van der Waals surface area (Å²) < 4.78 is 20.0. The normalized spacial score (nSPS) is 19.5. The van der Waals surface area contributed by atoms with E-state index in [9.17, 15) is 4.39 Å². The SMILES string of the molecule is Cc1c(-c2nc(C3CNCCN3C)no2)sc2ccc(F)cc12. The molecule has 120 valence electrons. The van der Waals surface area contributed by atoms with E-state index in [0.717, 1.165) is 40.2 Å². The van der Waals surface area contributed by atoms with Crippen molar-refractivity contribution < 1.29 is 8.91 Å². The van der Waals surface area contributed by atoms with E-state index in [1.807, 2.05) is 6.92 Å². The van der Waals surface area contributed by atoms with Crippen LogP contribution in [0.5, 0.6) is 0 Å². The number of aromatic nitrogens is 2. The molecule has 0 bridgehead atoms. The third-order valence-corrected chi connectivity index (χ3v) is 5.60. The van der Waals surface area contributed by atoms with Crippen LogP contribution < -0.4 is 5.32 Å². The van der Waals surface area contributed by atoms with Gasteiger partial charge in [-0.3, -0.25) is 4.90 Å². The van der Waals surface area contributed by atoms with Crippen molar-refractivity contribution in [3.63, 3.8) is 0 Å². The quantitative estimate of drug-likeness (QED) is 0.782. The van der Waals surface area contributed by atoms with Gasteiger partial charge in [-0.15, -0.1) is 11.3 Å². The molecular formula is C16H17FN4OS. The lowest BCUT2D eigenvalue weighted by Gasteiger charge is -2.30. The minimum absolute atomic E-state index is 0.119. The average Bonchev–Trinajstić information content (AvgIpc) is 3.13. The number of aryl methyl sites for hydroxylation is 1. The number of hydrogen-bond acceptors (Lipinski definition) is 6. The minimum atomic E-state index is -0.230. The lowest BCUT2D eigenvalue weighted by molar-refractivity contribution is 0.190. The molecule has 1 aliphatic rings. The summed E-state index contributed by atoms with van der Waals surface area (Å²) in [6.45, 7) is 4.70. The summed E-state index contributed by atoms with van der Waals surface area (Å²) in [5.74, 6) is 0.974. The maximum atomic E-state index is 13.5. The highest BCUT2D eigenvalue weighted by molar-refractivity contribution is 7.22. The number of nitrogens with one attached hydrogen (secondary N) is 1. The fourth-order valence-electron chi connectivity index (χ4n) is 2.95. The lowest BCUT2D eigenvalue weighted by atomic mass is 10.1. The smallest absolute Gasteiger partial charge is 0.268 e. The van der Waals surface area contributed by atoms with E-state index in [4.69, 9.17) is 4.52 Å². The van der Waals surface area contributed by atoms with Crippen LogP contribution in [0, 0.1) is 12.7 Å². The summed E-state index contributed by atoms with van der Waals surface area (Å²) in [7, 11) is 2.06. The summed E-state index contributed by atoms with van der Waals surface area (Å²) in [5.41, 5.74) is 0.981. The zero-order valence-corrected chi connectivity index (χ0v) is 13.8. The Bertz CT molecular complexity index is 859. The predicted molar refractivity (Wildman–Crippen MR) is 88.1 cm³/mol. The minimum Gasteiger partial charge on any atom is -0.333 e. The monoisotopic (exact) mass is 332 g/mol. The fraction of sp³-hybridized carbons (Fsp3) is 0.375. The fourth-order valence-corrected chi connectivity index (χ4v) is 4.07. The van der Waals surface area contributed by atoms with E-state index in [1.165, 1.54) is 6.07 Å². The largest absolute Gasteiger partial charge is 0.333 e. The van der Waals surface area contributed by atoms with Crippen molar-refractivity contribution in [2.75, 3.05) is 26.7 Å². The van der Waals surface area contributed by atoms with Gasteiger partial charge in [0.05, 0.1) is 10.9 Å². The summed E-state index contributed by atoms with van der Waals surface area (Å²) in [5, 5.41) is 8.41. The van der Waals surface area contributed by atoms with Crippen molar-refractivity contribution in [2.24, 2.45) is 0 Å². The van der Waals surface area contributed by atoms with Gasteiger partial charge in [0.25, 0.3) is 5.89 Å². The highest BCUT2D eigenvalue weighted by atomic mass is 32.1. The first-order valence-corrected chi connectivity index (χ1v) is 8.38. The van der Waals surface area contributed by atoms with Gasteiger partial charge in [-0.05, 0) is 43.1 Å². The van der Waals surface area contributed by atoms with Crippen LogP contribution in [0.4, 0.5) is 4.39 Å². The molecule has 0 aliphatic carbocycles. The third kappa shape index (κ3) is 2.54. The van der Waals surface area contributed by atoms with Crippen molar-refractivity contribution in [1.29, 1.82) is 0 Å². The van der Waals surface area contributed by atoms with E-state index in [0.29, 0.717) is 11.7 Å². The van der Waals surface area contributed by atoms with Gasteiger partial charge < -0.3 is 9.84 Å². The van der Waals surface area contributed by atoms with Crippen molar-refractivity contribution in [3.8, 4) is 10.8 Å². The van der Waals surface area contributed by atoms with Crippen LogP contribution >= 0.6 is 11.3 Å². The Balaban J connectivity index is 1.73. The zero-order valence-electron chi connectivity index (χ0n) is 13.0. The van der Waals surface area contributed by atoms with Crippen molar-refractivity contribution in [1.82, 2.24) is 20.4 Å². The number of halogens is 1. The number of fused-ring (bicyclic) bond motifs is 1. The van der Waals surface area contributed by atoms with Crippen LogP contribution in [-0.2, 0) is 0 Å². The third-order valence-electron chi connectivity index (χ3n) is 4.34.